The molecule has 1 aliphatic rings. The molecule has 0 radical (unpaired) electrons. The van der Waals surface area contributed by atoms with Crippen LogP contribution in [0.1, 0.15) is 90.9 Å². The second kappa shape index (κ2) is 16.3. The third kappa shape index (κ3) is 11.8. The standard InChI is InChI=1S/C24H40O6S/c1-3-5-8-11-18(25)14-15-19-20(26)17-21(30-23(29)13-6-4-2)24(19)31-16-10-7-9-12-22(27)28/h14-15,18-20,25-26H,3-13,16-17H2,1-2H3,(H,27,28)/b15-14+/t18-,19-,20+/m0/s1. The van der Waals surface area contributed by atoms with Crippen LogP contribution in [-0.2, 0) is 14.3 Å². The molecule has 0 saturated heterocycles. The average Bonchev–Trinajstić information content (AvgIpc) is 3.01. The molecule has 0 spiro atoms. The number of carbonyl (C=O) groups is 2. The van der Waals surface area contributed by atoms with Gasteiger partial charge in [-0.25, -0.2) is 0 Å². The fourth-order valence-corrected chi connectivity index (χ4v) is 4.74. The number of hydrogen-bond acceptors (Lipinski definition) is 6. The molecule has 178 valence electrons. The molecule has 0 aromatic carbocycles. The van der Waals surface area contributed by atoms with Crippen LogP contribution in [0, 0.1) is 5.92 Å². The number of carboxylic acids is 1. The average molecular weight is 457 g/mol. The summed E-state index contributed by atoms with van der Waals surface area (Å²) in [6, 6.07) is 0. The van der Waals surface area contributed by atoms with E-state index in [-0.39, 0.29) is 18.3 Å². The van der Waals surface area contributed by atoms with E-state index in [9.17, 15) is 19.8 Å². The zero-order chi connectivity index (χ0) is 23.1. The first-order chi connectivity index (χ1) is 14.9. The van der Waals surface area contributed by atoms with E-state index >= 15 is 0 Å². The minimum atomic E-state index is -0.779. The molecule has 7 heteroatoms. The number of carbonyl (C=O) groups excluding carboxylic acids is 1. The van der Waals surface area contributed by atoms with Crippen molar-refractivity contribution in [3.05, 3.63) is 22.8 Å². The number of unbranched alkanes of at least 4 members (excludes halogenated alkanes) is 5. The van der Waals surface area contributed by atoms with Crippen molar-refractivity contribution < 1.29 is 29.6 Å². The molecule has 0 aliphatic heterocycles. The molecule has 0 amide bonds. The van der Waals surface area contributed by atoms with E-state index in [0.717, 1.165) is 55.6 Å². The van der Waals surface area contributed by atoms with Crippen molar-refractivity contribution in [3.63, 3.8) is 0 Å². The summed E-state index contributed by atoms with van der Waals surface area (Å²) in [5, 5.41) is 29.6. The van der Waals surface area contributed by atoms with Crippen molar-refractivity contribution in [1.29, 1.82) is 0 Å². The van der Waals surface area contributed by atoms with Crippen LogP contribution in [0.3, 0.4) is 0 Å². The van der Waals surface area contributed by atoms with Gasteiger partial charge in [-0.2, -0.15) is 0 Å². The summed E-state index contributed by atoms with van der Waals surface area (Å²) in [5.41, 5.74) is 0. The topological polar surface area (TPSA) is 104 Å². The van der Waals surface area contributed by atoms with Crippen LogP contribution >= 0.6 is 11.8 Å². The quantitative estimate of drug-likeness (QED) is 0.157. The van der Waals surface area contributed by atoms with Gasteiger partial charge in [0, 0.05) is 30.1 Å². The fraction of sp³-hybridized carbons (Fsp3) is 0.750. The monoisotopic (exact) mass is 456 g/mol. The summed E-state index contributed by atoms with van der Waals surface area (Å²) in [6.07, 6.45) is 11.0. The Morgan fingerprint density at radius 1 is 1.10 bits per heavy atom. The van der Waals surface area contributed by atoms with Crippen molar-refractivity contribution in [2.75, 3.05) is 5.75 Å². The Hall–Kier alpha value is -1.31. The lowest BCUT2D eigenvalue weighted by Crippen LogP contribution is -2.14. The number of rotatable bonds is 17. The molecular weight excluding hydrogens is 416 g/mol. The second-order valence-corrected chi connectivity index (χ2v) is 9.30. The molecule has 3 atom stereocenters. The third-order valence-electron chi connectivity index (χ3n) is 5.29. The maximum absolute atomic E-state index is 12.1. The summed E-state index contributed by atoms with van der Waals surface area (Å²) in [6.45, 7) is 4.14. The SMILES string of the molecule is CCCCC[C@H](O)/C=C/[C@@H]1C(SCCCCCC(=O)O)=C(OC(=O)CCCC)C[C@H]1O. The van der Waals surface area contributed by atoms with Gasteiger partial charge < -0.3 is 20.1 Å². The summed E-state index contributed by atoms with van der Waals surface area (Å²) >= 11 is 1.56. The minimum absolute atomic E-state index is 0.174. The van der Waals surface area contributed by atoms with Crippen molar-refractivity contribution in [1.82, 2.24) is 0 Å². The van der Waals surface area contributed by atoms with E-state index in [2.05, 4.69) is 6.92 Å². The van der Waals surface area contributed by atoms with Crippen LogP contribution < -0.4 is 0 Å². The first-order valence-corrected chi connectivity index (χ1v) is 12.7. The Labute approximate surface area is 191 Å². The van der Waals surface area contributed by atoms with Crippen molar-refractivity contribution in [2.24, 2.45) is 5.92 Å². The molecule has 0 bridgehead atoms. The molecule has 0 aromatic heterocycles. The summed E-state index contributed by atoms with van der Waals surface area (Å²) in [4.78, 5) is 23.6. The van der Waals surface area contributed by atoms with E-state index < -0.39 is 18.2 Å². The van der Waals surface area contributed by atoms with Crippen molar-refractivity contribution in [3.8, 4) is 0 Å². The lowest BCUT2D eigenvalue weighted by atomic mass is 10.0. The highest BCUT2D eigenvalue weighted by molar-refractivity contribution is 8.03. The van der Waals surface area contributed by atoms with Gasteiger partial charge in [-0.1, -0.05) is 58.1 Å². The van der Waals surface area contributed by atoms with Gasteiger partial charge in [0.05, 0.1) is 12.2 Å². The molecule has 31 heavy (non-hydrogen) atoms. The predicted octanol–water partition coefficient (Wildman–Crippen LogP) is 5.19. The maximum atomic E-state index is 12.1. The molecule has 0 heterocycles. The van der Waals surface area contributed by atoms with E-state index in [1.165, 1.54) is 0 Å². The molecular formula is C24H40O6S. The number of hydrogen-bond donors (Lipinski definition) is 3. The van der Waals surface area contributed by atoms with Crippen LogP contribution in [0.25, 0.3) is 0 Å². The van der Waals surface area contributed by atoms with Gasteiger partial charge in [0.15, 0.2) is 0 Å². The molecule has 0 saturated carbocycles. The summed E-state index contributed by atoms with van der Waals surface area (Å²) < 4.78 is 5.61. The Bertz CT molecular complexity index is 601. The van der Waals surface area contributed by atoms with Crippen LogP contribution in [-0.4, -0.2) is 45.2 Å². The van der Waals surface area contributed by atoms with Gasteiger partial charge >= 0.3 is 11.9 Å². The first kappa shape index (κ1) is 27.7. The summed E-state index contributed by atoms with van der Waals surface area (Å²) in [7, 11) is 0. The van der Waals surface area contributed by atoms with Crippen LogP contribution in [0.2, 0.25) is 0 Å². The number of aliphatic carboxylic acids is 1. The van der Waals surface area contributed by atoms with Gasteiger partial charge in [-0.15, -0.1) is 11.8 Å². The van der Waals surface area contributed by atoms with Crippen LogP contribution in [0.4, 0.5) is 0 Å². The zero-order valence-electron chi connectivity index (χ0n) is 19.1. The lowest BCUT2D eigenvalue weighted by Gasteiger charge is -2.15. The smallest absolute Gasteiger partial charge is 0.310 e. The highest BCUT2D eigenvalue weighted by Gasteiger charge is 2.34. The largest absolute Gasteiger partial charge is 0.481 e. The number of thioether (sulfide) groups is 1. The highest BCUT2D eigenvalue weighted by Crippen LogP contribution is 2.41. The van der Waals surface area contributed by atoms with E-state index in [0.29, 0.717) is 31.4 Å². The Morgan fingerprint density at radius 3 is 2.52 bits per heavy atom. The number of aliphatic hydroxyl groups excluding tert-OH is 2. The molecule has 3 N–H and O–H groups in total. The number of esters is 1. The van der Waals surface area contributed by atoms with Gasteiger partial charge in [0.1, 0.15) is 5.76 Å². The first-order valence-electron chi connectivity index (χ1n) is 11.7. The van der Waals surface area contributed by atoms with E-state index in [4.69, 9.17) is 9.84 Å². The van der Waals surface area contributed by atoms with Crippen molar-refractivity contribution in [2.45, 2.75) is 103 Å². The minimum Gasteiger partial charge on any atom is -0.481 e. The number of ether oxygens (including phenoxy) is 1. The molecule has 0 unspecified atom stereocenters. The van der Waals surface area contributed by atoms with Crippen molar-refractivity contribution >= 4 is 23.7 Å². The van der Waals surface area contributed by atoms with E-state index in [1.54, 1.807) is 17.8 Å². The number of carboxylic acid groups (broad SMARTS) is 1. The van der Waals surface area contributed by atoms with Crippen LogP contribution in [0.15, 0.2) is 22.8 Å². The maximum Gasteiger partial charge on any atom is 0.310 e. The normalized spacial score (nSPS) is 19.9. The van der Waals surface area contributed by atoms with Gasteiger partial charge in [0.25, 0.3) is 0 Å². The van der Waals surface area contributed by atoms with E-state index in [1.807, 2.05) is 13.0 Å². The molecule has 1 aliphatic carbocycles. The summed E-state index contributed by atoms with van der Waals surface area (Å²) in [5.74, 6) is -0.0367. The fourth-order valence-electron chi connectivity index (χ4n) is 3.46. The highest BCUT2D eigenvalue weighted by atomic mass is 32.2. The van der Waals surface area contributed by atoms with Gasteiger partial charge in [-0.05, 0) is 31.4 Å². The molecule has 0 aromatic rings. The Kier molecular flexibility index (Phi) is 14.6. The molecule has 1 rings (SSSR count). The predicted molar refractivity (Wildman–Crippen MR) is 125 cm³/mol. The third-order valence-corrected chi connectivity index (χ3v) is 6.60. The van der Waals surface area contributed by atoms with Gasteiger partial charge in [-0.3, -0.25) is 9.59 Å². The van der Waals surface area contributed by atoms with Crippen LogP contribution in [0.5, 0.6) is 0 Å². The lowest BCUT2D eigenvalue weighted by molar-refractivity contribution is -0.140. The zero-order valence-corrected chi connectivity index (χ0v) is 19.9. The van der Waals surface area contributed by atoms with Gasteiger partial charge in [0.2, 0.25) is 0 Å². The number of aliphatic hydroxyl groups is 2. The molecule has 6 nitrogen and oxygen atoms in total. The second-order valence-electron chi connectivity index (χ2n) is 8.16. The Balaban J connectivity index is 2.76. The Morgan fingerprint density at radius 2 is 1.84 bits per heavy atom. The molecule has 0 fully saturated rings.